The number of alkyl halides is 3. The molecule has 1 amide bonds. The van der Waals surface area contributed by atoms with Gasteiger partial charge in [-0.2, -0.15) is 5.10 Å². The van der Waals surface area contributed by atoms with Crippen LogP contribution in [0.4, 0.5) is 13.2 Å². The molecule has 0 saturated carbocycles. The molecule has 8 nitrogen and oxygen atoms in total. The Kier molecular flexibility index (Phi) is 6.78. The number of nitrogens with one attached hydrogen (secondary N) is 1. The first-order valence-electron chi connectivity index (χ1n) is 9.71. The van der Waals surface area contributed by atoms with Gasteiger partial charge in [0.1, 0.15) is 11.4 Å². The minimum absolute atomic E-state index is 0.00997. The zero-order chi connectivity index (χ0) is 23.5. The molecular formula is C21H22F3N5O3. The maximum Gasteiger partial charge on any atom is 0.573 e. The third-order valence-corrected chi connectivity index (χ3v) is 4.62. The van der Waals surface area contributed by atoms with Crippen molar-refractivity contribution < 1.29 is 27.8 Å². The summed E-state index contributed by atoms with van der Waals surface area (Å²) in [6.07, 6.45) is -1.59. The number of carbonyl (C=O) groups is 1. The van der Waals surface area contributed by atoms with Gasteiger partial charge in [0, 0.05) is 18.8 Å². The fourth-order valence-electron chi connectivity index (χ4n) is 2.87. The highest BCUT2D eigenvalue weighted by molar-refractivity contribution is 5.94. The van der Waals surface area contributed by atoms with Gasteiger partial charge in [-0.05, 0) is 36.2 Å². The highest BCUT2D eigenvalue weighted by atomic mass is 19.4. The molecule has 0 bridgehead atoms. The van der Waals surface area contributed by atoms with E-state index in [0.717, 1.165) is 12.1 Å². The van der Waals surface area contributed by atoms with Gasteiger partial charge in [-0.3, -0.25) is 9.48 Å². The predicted octanol–water partition coefficient (Wildman–Crippen LogP) is 3.19. The van der Waals surface area contributed by atoms with E-state index >= 15 is 0 Å². The monoisotopic (exact) mass is 449 g/mol. The average Bonchev–Trinajstić information content (AvgIpc) is 3.17. The highest BCUT2D eigenvalue weighted by Gasteiger charge is 2.31. The predicted molar refractivity (Wildman–Crippen MR) is 110 cm³/mol. The van der Waals surface area contributed by atoms with Crippen LogP contribution in [0.15, 0.2) is 42.7 Å². The number of rotatable bonds is 7. The van der Waals surface area contributed by atoms with Gasteiger partial charge in [0.2, 0.25) is 0 Å². The third-order valence-electron chi connectivity index (χ3n) is 4.62. The van der Waals surface area contributed by atoms with Crippen LogP contribution in [0, 0.1) is 5.92 Å². The van der Waals surface area contributed by atoms with Gasteiger partial charge in [-0.15, -0.1) is 13.2 Å². The van der Waals surface area contributed by atoms with E-state index in [9.17, 15) is 23.1 Å². The number of aliphatic hydroxyl groups is 1. The highest BCUT2D eigenvalue weighted by Crippen LogP contribution is 2.27. The van der Waals surface area contributed by atoms with E-state index in [0.29, 0.717) is 16.8 Å². The molecule has 2 N–H and O–H groups in total. The van der Waals surface area contributed by atoms with Crippen LogP contribution in [0.5, 0.6) is 5.75 Å². The van der Waals surface area contributed by atoms with Crippen molar-refractivity contribution in [1.82, 2.24) is 25.1 Å². The van der Waals surface area contributed by atoms with Crippen LogP contribution in [0.1, 0.15) is 24.3 Å². The summed E-state index contributed by atoms with van der Waals surface area (Å²) in [5.74, 6) is -0.669. The minimum Gasteiger partial charge on any atom is -0.406 e. The largest absolute Gasteiger partial charge is 0.573 e. The van der Waals surface area contributed by atoms with Crippen LogP contribution >= 0.6 is 0 Å². The lowest BCUT2D eigenvalue weighted by atomic mass is 10.1. The van der Waals surface area contributed by atoms with Gasteiger partial charge in [0.05, 0.1) is 30.1 Å². The number of halogens is 3. The number of carbonyl (C=O) groups excluding carboxylic acids is 1. The normalized spacial score (nSPS) is 12.6. The summed E-state index contributed by atoms with van der Waals surface area (Å²) in [6.45, 7) is 3.48. The molecule has 1 atom stereocenters. The SMILES string of the molecule is CC(C)C(CO)NC(=O)c1cc(-c2ccc(OC(F)(F)F)cc2)nc(-c2cnn(C)c2)n1. The zero-order valence-electron chi connectivity index (χ0n) is 17.6. The average molecular weight is 449 g/mol. The summed E-state index contributed by atoms with van der Waals surface area (Å²) in [4.78, 5) is 21.6. The molecule has 2 heterocycles. The Hall–Kier alpha value is -3.47. The van der Waals surface area contributed by atoms with Crippen molar-refractivity contribution in [2.75, 3.05) is 6.61 Å². The van der Waals surface area contributed by atoms with Gasteiger partial charge in [0.15, 0.2) is 5.82 Å². The van der Waals surface area contributed by atoms with E-state index in [1.807, 2.05) is 13.8 Å². The lowest BCUT2D eigenvalue weighted by molar-refractivity contribution is -0.274. The van der Waals surface area contributed by atoms with Gasteiger partial charge in [0.25, 0.3) is 5.91 Å². The second kappa shape index (κ2) is 9.35. The molecule has 2 aromatic heterocycles. The van der Waals surface area contributed by atoms with Crippen LogP contribution in [0.2, 0.25) is 0 Å². The molecule has 0 saturated heterocycles. The number of aliphatic hydroxyl groups excluding tert-OH is 1. The van der Waals surface area contributed by atoms with E-state index in [1.54, 1.807) is 17.9 Å². The van der Waals surface area contributed by atoms with Gasteiger partial charge >= 0.3 is 6.36 Å². The summed E-state index contributed by atoms with van der Waals surface area (Å²) in [5.41, 5.74) is 1.39. The Bertz CT molecular complexity index is 1080. The molecule has 0 aliphatic heterocycles. The number of hydrogen-bond acceptors (Lipinski definition) is 6. The molecule has 0 radical (unpaired) electrons. The second-order valence-electron chi connectivity index (χ2n) is 7.44. The van der Waals surface area contributed by atoms with Gasteiger partial charge in [-0.1, -0.05) is 13.8 Å². The number of benzene rings is 1. The zero-order valence-corrected chi connectivity index (χ0v) is 17.6. The fraction of sp³-hybridized carbons (Fsp3) is 0.333. The molecule has 0 spiro atoms. The number of aryl methyl sites for hydroxylation is 1. The van der Waals surface area contributed by atoms with Crippen molar-refractivity contribution in [2.45, 2.75) is 26.3 Å². The molecule has 11 heteroatoms. The van der Waals surface area contributed by atoms with E-state index in [4.69, 9.17) is 0 Å². The molecule has 0 aliphatic rings. The van der Waals surface area contributed by atoms with Crippen molar-refractivity contribution in [1.29, 1.82) is 0 Å². The van der Waals surface area contributed by atoms with Gasteiger partial charge < -0.3 is 15.2 Å². The Balaban J connectivity index is 2.00. The van der Waals surface area contributed by atoms with Gasteiger partial charge in [-0.25, -0.2) is 9.97 Å². The van der Waals surface area contributed by atoms with Crippen LogP contribution in [0.3, 0.4) is 0 Å². The van der Waals surface area contributed by atoms with Crippen molar-refractivity contribution in [3.05, 3.63) is 48.4 Å². The van der Waals surface area contributed by atoms with E-state index in [-0.39, 0.29) is 29.8 Å². The minimum atomic E-state index is -4.80. The van der Waals surface area contributed by atoms with Crippen LogP contribution in [0.25, 0.3) is 22.6 Å². The maximum absolute atomic E-state index is 12.8. The summed E-state index contributed by atoms with van der Waals surface area (Å²) in [7, 11) is 1.72. The molecule has 170 valence electrons. The standard InChI is InChI=1S/C21H22F3N5O3/c1-12(2)18(11-30)28-20(31)17-8-16(26-19(27-17)14-9-25-29(3)10-14)13-4-6-15(7-5-13)32-21(22,23)24/h4-10,12,18,30H,11H2,1-3H3,(H,28,31). The Morgan fingerprint density at radius 1 is 1.19 bits per heavy atom. The van der Waals surface area contributed by atoms with Crippen LogP contribution in [-0.4, -0.2) is 49.8 Å². The molecule has 3 aromatic rings. The van der Waals surface area contributed by atoms with Crippen LogP contribution in [-0.2, 0) is 7.05 Å². The first-order valence-corrected chi connectivity index (χ1v) is 9.71. The number of aromatic nitrogens is 4. The van der Waals surface area contributed by atoms with Crippen molar-refractivity contribution >= 4 is 5.91 Å². The number of ether oxygens (including phenoxy) is 1. The lowest BCUT2D eigenvalue weighted by Crippen LogP contribution is -2.41. The molecular weight excluding hydrogens is 427 g/mol. The fourth-order valence-corrected chi connectivity index (χ4v) is 2.87. The quantitative estimate of drug-likeness (QED) is 0.575. The first-order chi connectivity index (χ1) is 15.1. The first kappa shape index (κ1) is 23.2. The van der Waals surface area contributed by atoms with Crippen molar-refractivity contribution in [2.24, 2.45) is 13.0 Å². The molecule has 3 rings (SSSR count). The Morgan fingerprint density at radius 2 is 1.88 bits per heavy atom. The van der Waals surface area contributed by atoms with E-state index in [2.05, 4.69) is 25.1 Å². The topological polar surface area (TPSA) is 102 Å². The van der Waals surface area contributed by atoms with E-state index < -0.39 is 18.3 Å². The molecule has 1 aromatic carbocycles. The molecule has 0 aliphatic carbocycles. The Morgan fingerprint density at radius 3 is 2.41 bits per heavy atom. The lowest BCUT2D eigenvalue weighted by Gasteiger charge is -2.19. The molecule has 0 fully saturated rings. The summed E-state index contributed by atoms with van der Waals surface area (Å²) >= 11 is 0. The van der Waals surface area contributed by atoms with Crippen LogP contribution < -0.4 is 10.1 Å². The molecule has 32 heavy (non-hydrogen) atoms. The van der Waals surface area contributed by atoms with Crippen molar-refractivity contribution in [3.63, 3.8) is 0 Å². The smallest absolute Gasteiger partial charge is 0.406 e. The maximum atomic E-state index is 12.8. The van der Waals surface area contributed by atoms with E-state index in [1.165, 1.54) is 24.4 Å². The third kappa shape index (κ3) is 5.82. The summed E-state index contributed by atoms with van der Waals surface area (Å²) in [6, 6.07) is 6.10. The second-order valence-corrected chi connectivity index (χ2v) is 7.44. The number of nitrogens with zero attached hydrogens (tertiary/aromatic N) is 4. The number of amides is 1. The Labute approximate surface area is 182 Å². The summed E-state index contributed by atoms with van der Waals surface area (Å²) < 4.78 is 42.7. The van der Waals surface area contributed by atoms with Crippen molar-refractivity contribution in [3.8, 4) is 28.4 Å². The molecule has 1 unspecified atom stereocenters. The number of hydrogen-bond donors (Lipinski definition) is 2. The summed E-state index contributed by atoms with van der Waals surface area (Å²) in [5, 5.41) is 16.3.